The summed E-state index contributed by atoms with van der Waals surface area (Å²) in [6.45, 7) is 8.82. The highest BCUT2D eigenvalue weighted by molar-refractivity contribution is 5.79. The lowest BCUT2D eigenvalue weighted by Gasteiger charge is -2.26. The van der Waals surface area contributed by atoms with Gasteiger partial charge in [-0.1, -0.05) is 73.3 Å². The Morgan fingerprint density at radius 3 is 1.59 bits per heavy atom. The van der Waals surface area contributed by atoms with Crippen molar-refractivity contribution in [2.24, 2.45) is 23.3 Å². The van der Waals surface area contributed by atoms with Gasteiger partial charge < -0.3 is 20.9 Å². The third-order valence-electron chi connectivity index (χ3n) is 5.72. The molecule has 0 saturated carbocycles. The molecule has 8 nitrogen and oxygen atoms in total. The molecule has 0 spiro atoms. The average molecular weight is 536 g/mol. The van der Waals surface area contributed by atoms with Crippen LogP contribution in [0.1, 0.15) is 132 Å². The Kier molecular flexibility index (Phi) is 42.1. The van der Waals surface area contributed by atoms with E-state index in [9.17, 15) is 14.4 Å². The number of aromatic nitrogens is 2. The fraction of sp³-hybridized carbons (Fsp3) is 0.793. The third kappa shape index (κ3) is 18.5. The maximum atomic E-state index is 11.5. The summed E-state index contributed by atoms with van der Waals surface area (Å²) in [6, 6.07) is 0.410. The van der Waals surface area contributed by atoms with E-state index < -0.39 is 0 Å². The van der Waals surface area contributed by atoms with Crippen molar-refractivity contribution >= 4 is 17.7 Å². The number of nitrogens with two attached hydrogens (primary N) is 2. The summed E-state index contributed by atoms with van der Waals surface area (Å²) in [4.78, 5) is 39.4. The molecule has 0 aromatic carbocycles. The highest BCUT2D eigenvalue weighted by atomic mass is 16.2. The summed E-state index contributed by atoms with van der Waals surface area (Å²) in [5.74, 6) is -0.391. The first-order valence-corrected chi connectivity index (χ1v) is 10.6. The van der Waals surface area contributed by atoms with Crippen molar-refractivity contribution in [3.63, 3.8) is 0 Å². The van der Waals surface area contributed by atoms with Gasteiger partial charge in [0.15, 0.2) is 0 Å². The van der Waals surface area contributed by atoms with Crippen LogP contribution in [0.4, 0.5) is 0 Å². The van der Waals surface area contributed by atoms with Gasteiger partial charge in [-0.05, 0) is 46.0 Å². The summed E-state index contributed by atoms with van der Waals surface area (Å²) in [5.41, 5.74) is 10.6. The summed E-state index contributed by atoms with van der Waals surface area (Å²) in [5, 5.41) is 0. The van der Waals surface area contributed by atoms with Crippen LogP contribution in [-0.4, -0.2) is 44.8 Å². The molecule has 4 N–H and O–H groups in total. The van der Waals surface area contributed by atoms with Crippen molar-refractivity contribution in [1.82, 2.24) is 14.5 Å². The number of hydrogen-bond donors (Lipinski definition) is 2. The molecule has 8 heteroatoms. The van der Waals surface area contributed by atoms with Crippen LogP contribution in [0.25, 0.3) is 0 Å². The van der Waals surface area contributed by atoms with E-state index in [2.05, 4.69) is 11.9 Å². The summed E-state index contributed by atoms with van der Waals surface area (Å²) < 4.78 is 1.99. The molecule has 1 saturated heterocycles. The van der Waals surface area contributed by atoms with Gasteiger partial charge in [0, 0.05) is 49.3 Å². The van der Waals surface area contributed by atoms with Crippen molar-refractivity contribution in [1.29, 1.82) is 0 Å². The van der Waals surface area contributed by atoms with Crippen LogP contribution in [0.5, 0.6) is 0 Å². The molecular weight excluding hydrogens is 466 g/mol. The predicted octanol–water partition coefficient (Wildman–Crippen LogP) is 7.33. The maximum Gasteiger partial charge on any atom is 0.222 e. The summed E-state index contributed by atoms with van der Waals surface area (Å²) in [7, 11) is 0. The number of carbonyl (C=O) groups excluding carboxylic acids is 3. The van der Waals surface area contributed by atoms with Gasteiger partial charge in [0.2, 0.25) is 17.7 Å². The Morgan fingerprint density at radius 2 is 1.30 bits per heavy atom. The standard InChI is InChI=1S/C11H20N2O2.C10H17N3O.8CH4/c1-3-9(11(12)15)7-8(2)13-6-4-5-10(13)14;1-3-9(10(11)14)6-8(2)13-5-4-12-7-13;;;;;;;;/h8-9H,3-7H2,1-2H3,(H2,12,15);4-5,7-9H,3,6H2,1-2H3,(H2,11,14);8*1H4. The number of hydrogen-bond acceptors (Lipinski definition) is 4. The molecule has 1 aliphatic rings. The fourth-order valence-electron chi connectivity index (χ4n) is 3.71. The van der Waals surface area contributed by atoms with Gasteiger partial charge in [-0.25, -0.2) is 4.98 Å². The molecular formula is C29H69N5O3. The number of likely N-dealkylation sites (tertiary alicyclic amines) is 1. The van der Waals surface area contributed by atoms with Crippen LogP contribution in [-0.2, 0) is 14.4 Å². The van der Waals surface area contributed by atoms with Crippen LogP contribution in [0.3, 0.4) is 0 Å². The van der Waals surface area contributed by atoms with E-state index in [-0.39, 0.29) is 101 Å². The lowest BCUT2D eigenvalue weighted by molar-refractivity contribution is -0.131. The van der Waals surface area contributed by atoms with E-state index in [0.29, 0.717) is 12.8 Å². The molecule has 0 bridgehead atoms. The average Bonchev–Trinajstić information content (AvgIpc) is 3.35. The van der Waals surface area contributed by atoms with Crippen molar-refractivity contribution in [3.8, 4) is 0 Å². The monoisotopic (exact) mass is 536 g/mol. The Morgan fingerprint density at radius 1 is 0.865 bits per heavy atom. The van der Waals surface area contributed by atoms with Crippen LogP contribution < -0.4 is 11.5 Å². The number of rotatable bonds is 10. The second-order valence-electron chi connectivity index (χ2n) is 7.89. The number of amides is 3. The Balaban J connectivity index is -0.0000000624. The molecule has 1 aromatic heterocycles. The van der Waals surface area contributed by atoms with Gasteiger partial charge >= 0.3 is 0 Å². The van der Waals surface area contributed by atoms with Crippen LogP contribution >= 0.6 is 0 Å². The first-order chi connectivity index (χ1) is 13.7. The van der Waals surface area contributed by atoms with Gasteiger partial charge in [-0.3, -0.25) is 14.4 Å². The number of primary amides is 2. The predicted molar refractivity (Wildman–Crippen MR) is 166 cm³/mol. The van der Waals surface area contributed by atoms with Crippen molar-refractivity contribution in [2.45, 2.75) is 138 Å². The molecule has 4 atom stereocenters. The minimum Gasteiger partial charge on any atom is -0.369 e. The zero-order valence-electron chi connectivity index (χ0n) is 18.2. The zero-order valence-corrected chi connectivity index (χ0v) is 18.2. The molecule has 1 fully saturated rings. The Labute approximate surface area is 233 Å². The second-order valence-corrected chi connectivity index (χ2v) is 7.89. The lowest BCUT2D eigenvalue weighted by atomic mass is 9.97. The zero-order chi connectivity index (χ0) is 22.0. The van der Waals surface area contributed by atoms with E-state index >= 15 is 0 Å². The van der Waals surface area contributed by atoms with Crippen molar-refractivity contribution in [2.75, 3.05) is 6.54 Å². The maximum absolute atomic E-state index is 11.5. The fourth-order valence-corrected chi connectivity index (χ4v) is 3.71. The van der Waals surface area contributed by atoms with Crippen molar-refractivity contribution < 1.29 is 14.4 Å². The minimum absolute atomic E-state index is 0. The molecule has 3 amide bonds. The molecule has 0 aliphatic carbocycles. The number of nitrogens with zero attached hydrogens (tertiary/aromatic N) is 3. The van der Waals surface area contributed by atoms with Crippen molar-refractivity contribution in [3.05, 3.63) is 18.7 Å². The number of carbonyl (C=O) groups is 3. The summed E-state index contributed by atoms with van der Waals surface area (Å²) in [6.07, 6.45) is 10.0. The van der Waals surface area contributed by atoms with Crippen LogP contribution in [0, 0.1) is 11.8 Å². The lowest BCUT2D eigenvalue weighted by Crippen LogP contribution is -2.37. The first kappa shape index (κ1) is 55.2. The smallest absolute Gasteiger partial charge is 0.222 e. The molecule has 1 aliphatic heterocycles. The Bertz CT molecular complexity index is 650. The molecule has 4 unspecified atom stereocenters. The number of imidazole rings is 1. The van der Waals surface area contributed by atoms with Gasteiger partial charge in [0.1, 0.15) is 0 Å². The van der Waals surface area contributed by atoms with Crippen LogP contribution in [0.2, 0.25) is 0 Å². The normalized spacial score (nSPS) is 13.9. The minimum atomic E-state index is -0.254. The van der Waals surface area contributed by atoms with E-state index in [4.69, 9.17) is 11.5 Å². The van der Waals surface area contributed by atoms with E-state index in [0.717, 1.165) is 32.2 Å². The SMILES string of the molecule is C.C.C.C.C.C.C.C.CCC(CC(C)N1CCCC1=O)C(N)=O.CCC(CC(C)n1ccnc1)C(N)=O. The van der Waals surface area contributed by atoms with Gasteiger partial charge in [-0.2, -0.15) is 0 Å². The first-order valence-electron chi connectivity index (χ1n) is 10.6. The highest BCUT2D eigenvalue weighted by Crippen LogP contribution is 2.20. The molecule has 1 aromatic rings. The van der Waals surface area contributed by atoms with E-state index in [1.165, 1.54) is 0 Å². The molecule has 2 heterocycles. The van der Waals surface area contributed by atoms with E-state index in [1.54, 1.807) is 12.5 Å². The topological polar surface area (TPSA) is 124 Å². The quantitative estimate of drug-likeness (QED) is 0.325. The Hall–Kier alpha value is -2.38. The molecule has 2 rings (SSSR count). The molecule has 0 radical (unpaired) electrons. The molecule has 228 valence electrons. The van der Waals surface area contributed by atoms with Gasteiger partial charge in [0.25, 0.3) is 0 Å². The third-order valence-corrected chi connectivity index (χ3v) is 5.72. The van der Waals surface area contributed by atoms with Gasteiger partial charge in [-0.15, -0.1) is 0 Å². The summed E-state index contributed by atoms with van der Waals surface area (Å²) >= 11 is 0. The second kappa shape index (κ2) is 28.2. The molecule has 37 heavy (non-hydrogen) atoms. The van der Waals surface area contributed by atoms with Gasteiger partial charge in [0.05, 0.1) is 6.33 Å². The highest BCUT2D eigenvalue weighted by Gasteiger charge is 2.27. The van der Waals surface area contributed by atoms with E-state index in [1.807, 2.05) is 36.4 Å². The van der Waals surface area contributed by atoms with Crippen LogP contribution in [0.15, 0.2) is 18.7 Å². The largest absolute Gasteiger partial charge is 0.369 e.